The van der Waals surface area contributed by atoms with E-state index >= 15 is 0 Å². The second-order valence-electron chi connectivity index (χ2n) is 4.69. The fraction of sp³-hybridized carbons (Fsp3) is 0.500. The Morgan fingerprint density at radius 3 is 2.33 bits per heavy atom. The van der Waals surface area contributed by atoms with Gasteiger partial charge in [0.2, 0.25) is 0 Å². The van der Waals surface area contributed by atoms with E-state index in [-0.39, 0.29) is 11.6 Å². The average molecular weight is 272 g/mol. The molecule has 1 aromatic rings. The van der Waals surface area contributed by atoms with Gasteiger partial charge in [-0.1, -0.05) is 6.07 Å². The summed E-state index contributed by atoms with van der Waals surface area (Å²) in [5.74, 6) is 0.854. The van der Waals surface area contributed by atoms with Crippen LogP contribution >= 0.6 is 15.9 Å². The van der Waals surface area contributed by atoms with Crippen molar-refractivity contribution in [3.8, 4) is 5.75 Å². The van der Waals surface area contributed by atoms with Crippen molar-refractivity contribution in [1.29, 1.82) is 0 Å². The lowest BCUT2D eigenvalue weighted by molar-refractivity contribution is 0.130. The van der Waals surface area contributed by atoms with Gasteiger partial charge in [0.1, 0.15) is 11.4 Å². The number of hydrogen-bond acceptors (Lipinski definition) is 2. The zero-order chi connectivity index (χ0) is 11.6. The van der Waals surface area contributed by atoms with Crippen molar-refractivity contribution in [2.45, 2.75) is 39.3 Å². The van der Waals surface area contributed by atoms with Gasteiger partial charge in [-0.3, -0.25) is 0 Å². The molecule has 0 aliphatic heterocycles. The zero-order valence-electron chi connectivity index (χ0n) is 9.67. The normalized spacial score (nSPS) is 13.7. The number of ether oxygens (including phenoxy) is 1. The summed E-state index contributed by atoms with van der Waals surface area (Å²) in [5.41, 5.74) is 6.72. The molecule has 0 aromatic heterocycles. The minimum absolute atomic E-state index is 0.0463. The van der Waals surface area contributed by atoms with Crippen LogP contribution < -0.4 is 10.5 Å². The molecule has 1 aromatic carbocycles. The van der Waals surface area contributed by atoms with E-state index in [9.17, 15) is 0 Å². The summed E-state index contributed by atoms with van der Waals surface area (Å²) in [7, 11) is 0. The molecular weight excluding hydrogens is 254 g/mol. The van der Waals surface area contributed by atoms with Crippen molar-refractivity contribution in [2.75, 3.05) is 0 Å². The summed E-state index contributed by atoms with van der Waals surface area (Å²) in [6.45, 7) is 8.04. The molecule has 0 fully saturated rings. The van der Waals surface area contributed by atoms with Crippen LogP contribution in [0, 0.1) is 0 Å². The van der Waals surface area contributed by atoms with E-state index < -0.39 is 0 Å². The molecule has 1 rings (SSSR count). The van der Waals surface area contributed by atoms with Crippen LogP contribution in [0.25, 0.3) is 0 Å². The Morgan fingerprint density at radius 2 is 1.93 bits per heavy atom. The first-order chi connectivity index (χ1) is 6.79. The Labute approximate surface area is 99.9 Å². The van der Waals surface area contributed by atoms with Crippen molar-refractivity contribution >= 4 is 15.9 Å². The van der Waals surface area contributed by atoms with Crippen molar-refractivity contribution in [3.05, 3.63) is 28.2 Å². The maximum absolute atomic E-state index is 5.80. The van der Waals surface area contributed by atoms with Gasteiger partial charge in [-0.25, -0.2) is 0 Å². The number of nitrogens with two attached hydrogens (primary N) is 1. The molecule has 0 amide bonds. The van der Waals surface area contributed by atoms with Crippen LogP contribution in [0.5, 0.6) is 5.75 Å². The van der Waals surface area contributed by atoms with E-state index in [0.717, 1.165) is 15.8 Å². The van der Waals surface area contributed by atoms with Crippen LogP contribution in [0.1, 0.15) is 39.3 Å². The first kappa shape index (κ1) is 12.5. The van der Waals surface area contributed by atoms with Crippen LogP contribution in [-0.2, 0) is 0 Å². The molecule has 3 heteroatoms. The van der Waals surface area contributed by atoms with Crippen LogP contribution in [0.2, 0.25) is 0 Å². The van der Waals surface area contributed by atoms with Crippen LogP contribution in [-0.4, -0.2) is 5.60 Å². The molecule has 0 spiro atoms. The number of hydrogen-bond donors (Lipinski definition) is 1. The van der Waals surface area contributed by atoms with E-state index in [4.69, 9.17) is 10.5 Å². The highest BCUT2D eigenvalue weighted by Gasteiger charge is 2.14. The van der Waals surface area contributed by atoms with Crippen LogP contribution in [0.3, 0.4) is 0 Å². The lowest BCUT2D eigenvalue weighted by Gasteiger charge is -2.22. The highest BCUT2D eigenvalue weighted by Crippen LogP contribution is 2.30. The Morgan fingerprint density at radius 1 is 1.33 bits per heavy atom. The zero-order valence-corrected chi connectivity index (χ0v) is 11.3. The molecule has 0 unspecified atom stereocenters. The van der Waals surface area contributed by atoms with Gasteiger partial charge in [0.15, 0.2) is 0 Å². The average Bonchev–Trinajstić information content (AvgIpc) is 2.05. The SMILES string of the molecule is C[C@@H](N)c1ccc(OC(C)(C)C)c(Br)c1. The summed E-state index contributed by atoms with van der Waals surface area (Å²) >= 11 is 3.49. The molecule has 15 heavy (non-hydrogen) atoms. The number of rotatable bonds is 2. The van der Waals surface area contributed by atoms with Crippen molar-refractivity contribution < 1.29 is 4.74 Å². The Balaban J connectivity index is 2.94. The largest absolute Gasteiger partial charge is 0.487 e. The quantitative estimate of drug-likeness (QED) is 0.892. The van der Waals surface area contributed by atoms with Crippen LogP contribution in [0.4, 0.5) is 0 Å². The fourth-order valence-corrected chi connectivity index (χ4v) is 1.69. The van der Waals surface area contributed by atoms with E-state index in [2.05, 4.69) is 15.9 Å². The molecule has 0 radical (unpaired) electrons. The Hall–Kier alpha value is -0.540. The predicted octanol–water partition coefficient (Wildman–Crippen LogP) is 3.65. The van der Waals surface area contributed by atoms with Crippen molar-refractivity contribution in [1.82, 2.24) is 0 Å². The lowest BCUT2D eigenvalue weighted by atomic mass is 10.1. The predicted molar refractivity (Wildman–Crippen MR) is 67.1 cm³/mol. The lowest BCUT2D eigenvalue weighted by Crippen LogP contribution is -2.23. The Bertz CT molecular complexity index is 342. The third kappa shape index (κ3) is 3.84. The first-order valence-corrected chi connectivity index (χ1v) is 5.83. The second kappa shape index (κ2) is 4.54. The molecule has 1 atom stereocenters. The molecule has 2 N–H and O–H groups in total. The van der Waals surface area contributed by atoms with Crippen molar-refractivity contribution in [3.63, 3.8) is 0 Å². The highest BCUT2D eigenvalue weighted by atomic mass is 79.9. The third-order valence-corrected chi connectivity index (χ3v) is 2.52. The molecule has 84 valence electrons. The minimum Gasteiger partial charge on any atom is -0.487 e. The van der Waals surface area contributed by atoms with Crippen LogP contribution in [0.15, 0.2) is 22.7 Å². The molecular formula is C12H18BrNO. The van der Waals surface area contributed by atoms with Gasteiger partial charge < -0.3 is 10.5 Å². The summed E-state index contributed by atoms with van der Waals surface area (Å²) in [4.78, 5) is 0. The maximum Gasteiger partial charge on any atom is 0.134 e. The number of halogens is 1. The fourth-order valence-electron chi connectivity index (χ4n) is 1.21. The summed E-state index contributed by atoms with van der Waals surface area (Å²) in [6, 6.07) is 6.00. The van der Waals surface area contributed by atoms with Crippen molar-refractivity contribution in [2.24, 2.45) is 5.73 Å². The topological polar surface area (TPSA) is 35.2 Å². The van der Waals surface area contributed by atoms with Gasteiger partial charge in [0, 0.05) is 6.04 Å². The standard InChI is InChI=1S/C12H18BrNO/c1-8(14)9-5-6-11(10(13)7-9)15-12(2,3)4/h5-8H,14H2,1-4H3/t8-/m1/s1. The Kier molecular flexibility index (Phi) is 3.79. The van der Waals surface area contributed by atoms with Gasteiger partial charge in [0.25, 0.3) is 0 Å². The maximum atomic E-state index is 5.80. The van der Waals surface area contributed by atoms with Gasteiger partial charge in [-0.15, -0.1) is 0 Å². The highest BCUT2D eigenvalue weighted by molar-refractivity contribution is 9.10. The van der Waals surface area contributed by atoms with Gasteiger partial charge in [-0.2, -0.15) is 0 Å². The van der Waals surface area contributed by atoms with E-state index in [1.807, 2.05) is 45.9 Å². The molecule has 0 saturated carbocycles. The molecule has 2 nitrogen and oxygen atoms in total. The van der Waals surface area contributed by atoms with E-state index in [1.165, 1.54) is 0 Å². The smallest absolute Gasteiger partial charge is 0.134 e. The summed E-state index contributed by atoms with van der Waals surface area (Å²) in [6.07, 6.45) is 0. The molecule has 0 aliphatic rings. The van der Waals surface area contributed by atoms with E-state index in [0.29, 0.717) is 0 Å². The molecule has 0 saturated heterocycles. The first-order valence-electron chi connectivity index (χ1n) is 5.03. The molecule has 0 heterocycles. The monoisotopic (exact) mass is 271 g/mol. The number of benzene rings is 1. The summed E-state index contributed by atoms with van der Waals surface area (Å²) in [5, 5.41) is 0. The third-order valence-electron chi connectivity index (χ3n) is 1.90. The summed E-state index contributed by atoms with van der Waals surface area (Å²) < 4.78 is 6.73. The van der Waals surface area contributed by atoms with Gasteiger partial charge >= 0.3 is 0 Å². The molecule has 0 aliphatic carbocycles. The molecule has 0 bridgehead atoms. The minimum atomic E-state index is -0.182. The van der Waals surface area contributed by atoms with Gasteiger partial charge in [-0.05, 0) is 61.3 Å². The second-order valence-corrected chi connectivity index (χ2v) is 5.55. The van der Waals surface area contributed by atoms with E-state index in [1.54, 1.807) is 0 Å². The van der Waals surface area contributed by atoms with Gasteiger partial charge in [0.05, 0.1) is 4.47 Å².